The third-order valence-corrected chi connectivity index (χ3v) is 1.58. The number of hydrogen-bond donors (Lipinski definition) is 1. The van der Waals surface area contributed by atoms with Crippen molar-refractivity contribution >= 4 is 0 Å². The van der Waals surface area contributed by atoms with Crippen molar-refractivity contribution in [1.82, 2.24) is 5.32 Å². The number of methoxy groups -OCH3 is 1. The van der Waals surface area contributed by atoms with E-state index in [0.29, 0.717) is 5.92 Å². The summed E-state index contributed by atoms with van der Waals surface area (Å²) in [5, 5.41) is 3.18. The molecule has 1 atom stereocenters. The molecule has 2 heteroatoms. The molecule has 1 saturated heterocycles. The van der Waals surface area contributed by atoms with Gasteiger partial charge in [-0.1, -0.05) is 6.58 Å². The van der Waals surface area contributed by atoms with Crippen LogP contribution in [0.1, 0.15) is 6.42 Å². The maximum atomic E-state index is 4.99. The highest BCUT2D eigenvalue weighted by Crippen LogP contribution is 2.14. The third-order valence-electron chi connectivity index (χ3n) is 1.58. The molecule has 52 valence electrons. The zero-order valence-corrected chi connectivity index (χ0v) is 5.81. The van der Waals surface area contributed by atoms with E-state index in [1.165, 1.54) is 0 Å². The fourth-order valence-electron chi connectivity index (χ4n) is 1.14. The van der Waals surface area contributed by atoms with Crippen molar-refractivity contribution in [3.8, 4) is 0 Å². The van der Waals surface area contributed by atoms with Gasteiger partial charge in [-0.15, -0.1) is 0 Å². The van der Waals surface area contributed by atoms with E-state index < -0.39 is 0 Å². The highest BCUT2D eigenvalue weighted by atomic mass is 16.5. The van der Waals surface area contributed by atoms with Crippen LogP contribution in [0.3, 0.4) is 0 Å². The Bertz CT molecular complexity index is 111. The lowest BCUT2D eigenvalue weighted by molar-refractivity contribution is 0.161. The van der Waals surface area contributed by atoms with Gasteiger partial charge < -0.3 is 10.1 Å². The van der Waals surface area contributed by atoms with Crippen molar-refractivity contribution in [3.63, 3.8) is 0 Å². The molecule has 0 aliphatic carbocycles. The Morgan fingerprint density at radius 1 is 1.89 bits per heavy atom. The Hall–Kier alpha value is -0.500. The summed E-state index contributed by atoms with van der Waals surface area (Å²) in [7, 11) is 1.74. The van der Waals surface area contributed by atoms with Crippen LogP contribution in [0.5, 0.6) is 0 Å². The van der Waals surface area contributed by atoms with Crippen LogP contribution in [-0.2, 0) is 4.74 Å². The van der Waals surface area contributed by atoms with Gasteiger partial charge in [0, 0.05) is 25.3 Å². The van der Waals surface area contributed by atoms with Crippen LogP contribution in [-0.4, -0.2) is 20.3 Å². The van der Waals surface area contributed by atoms with E-state index in [4.69, 9.17) is 4.74 Å². The summed E-state index contributed by atoms with van der Waals surface area (Å²) in [6.45, 7) is 5.71. The van der Waals surface area contributed by atoms with Gasteiger partial charge in [-0.25, -0.2) is 0 Å². The minimum atomic E-state index is 0.655. The number of rotatable bonds is 2. The Labute approximate surface area is 55.9 Å². The second-order valence-corrected chi connectivity index (χ2v) is 2.51. The number of nitrogens with one attached hydrogen (secondary N) is 1. The molecular weight excluding hydrogens is 114 g/mol. The minimum Gasteiger partial charge on any atom is -0.388 e. The monoisotopic (exact) mass is 127 g/mol. The van der Waals surface area contributed by atoms with Gasteiger partial charge in [0.05, 0.1) is 6.61 Å². The molecule has 0 aromatic carbocycles. The average molecular weight is 127 g/mol. The second-order valence-electron chi connectivity index (χ2n) is 2.51. The average Bonchev–Trinajstić information content (AvgIpc) is 2.17. The first-order chi connectivity index (χ1) is 4.33. The molecule has 1 unspecified atom stereocenters. The van der Waals surface area contributed by atoms with Crippen LogP contribution in [0.15, 0.2) is 12.3 Å². The van der Waals surface area contributed by atoms with Crippen molar-refractivity contribution < 1.29 is 4.74 Å². The van der Waals surface area contributed by atoms with E-state index in [0.717, 1.165) is 25.3 Å². The van der Waals surface area contributed by atoms with E-state index in [1.807, 2.05) is 0 Å². The van der Waals surface area contributed by atoms with Crippen LogP contribution in [0.25, 0.3) is 0 Å². The molecule has 1 aliphatic rings. The first-order valence-electron chi connectivity index (χ1n) is 3.23. The lowest BCUT2D eigenvalue weighted by Gasteiger charge is -2.02. The Kier molecular flexibility index (Phi) is 2.11. The highest BCUT2D eigenvalue weighted by Gasteiger charge is 2.16. The van der Waals surface area contributed by atoms with Gasteiger partial charge >= 0.3 is 0 Å². The van der Waals surface area contributed by atoms with Crippen LogP contribution >= 0.6 is 0 Å². The van der Waals surface area contributed by atoms with E-state index in [9.17, 15) is 0 Å². The third kappa shape index (κ3) is 1.72. The van der Waals surface area contributed by atoms with Gasteiger partial charge in [0.15, 0.2) is 0 Å². The molecule has 0 amide bonds. The number of hydrogen-bond acceptors (Lipinski definition) is 2. The van der Waals surface area contributed by atoms with E-state index in [1.54, 1.807) is 7.11 Å². The first-order valence-corrected chi connectivity index (χ1v) is 3.23. The molecule has 1 rings (SSSR count). The van der Waals surface area contributed by atoms with Crippen molar-refractivity contribution in [2.45, 2.75) is 6.42 Å². The van der Waals surface area contributed by atoms with Crippen molar-refractivity contribution in [1.29, 1.82) is 0 Å². The Morgan fingerprint density at radius 3 is 3.11 bits per heavy atom. The lowest BCUT2D eigenvalue weighted by Crippen LogP contribution is -2.12. The molecule has 0 radical (unpaired) electrons. The van der Waals surface area contributed by atoms with Gasteiger partial charge in [-0.2, -0.15) is 0 Å². The predicted molar refractivity (Wildman–Crippen MR) is 37.1 cm³/mol. The topological polar surface area (TPSA) is 21.3 Å². The normalized spacial score (nSPS) is 26.3. The summed E-state index contributed by atoms with van der Waals surface area (Å²) in [5.74, 6) is 0.655. The van der Waals surface area contributed by atoms with Crippen molar-refractivity contribution in [2.75, 3.05) is 20.3 Å². The maximum absolute atomic E-state index is 4.99. The molecule has 0 aromatic rings. The van der Waals surface area contributed by atoms with Crippen molar-refractivity contribution in [2.24, 2.45) is 5.92 Å². The summed E-state index contributed by atoms with van der Waals surface area (Å²) < 4.78 is 4.99. The molecule has 1 heterocycles. The van der Waals surface area contributed by atoms with E-state index in [-0.39, 0.29) is 0 Å². The lowest BCUT2D eigenvalue weighted by atomic mass is 10.1. The number of allylic oxidation sites excluding steroid dienone is 1. The molecule has 1 aliphatic heterocycles. The summed E-state index contributed by atoms with van der Waals surface area (Å²) >= 11 is 0. The van der Waals surface area contributed by atoms with E-state index in [2.05, 4.69) is 11.9 Å². The van der Waals surface area contributed by atoms with Crippen LogP contribution in [0.4, 0.5) is 0 Å². The van der Waals surface area contributed by atoms with Gasteiger partial charge in [-0.3, -0.25) is 0 Å². The fourth-order valence-corrected chi connectivity index (χ4v) is 1.14. The molecule has 0 spiro atoms. The highest BCUT2D eigenvalue weighted by molar-refractivity contribution is 4.99. The molecule has 9 heavy (non-hydrogen) atoms. The standard InChI is InChI=1S/C7H13NO/c1-6-3-7(4-8-6)5-9-2/h7-8H,1,3-5H2,2H3. The summed E-state index contributed by atoms with van der Waals surface area (Å²) in [5.41, 5.74) is 1.15. The Balaban J connectivity index is 2.22. The quantitative estimate of drug-likeness (QED) is 0.591. The molecule has 2 nitrogen and oxygen atoms in total. The van der Waals surface area contributed by atoms with Gasteiger partial charge in [-0.05, 0) is 6.42 Å². The molecule has 1 N–H and O–H groups in total. The van der Waals surface area contributed by atoms with E-state index >= 15 is 0 Å². The van der Waals surface area contributed by atoms with Gasteiger partial charge in [0.2, 0.25) is 0 Å². The zero-order chi connectivity index (χ0) is 6.69. The number of ether oxygens (including phenoxy) is 1. The molecule has 0 saturated carbocycles. The molecular formula is C7H13NO. The zero-order valence-electron chi connectivity index (χ0n) is 5.81. The smallest absolute Gasteiger partial charge is 0.0511 e. The van der Waals surface area contributed by atoms with Crippen molar-refractivity contribution in [3.05, 3.63) is 12.3 Å². The first kappa shape index (κ1) is 6.62. The van der Waals surface area contributed by atoms with Crippen LogP contribution in [0.2, 0.25) is 0 Å². The van der Waals surface area contributed by atoms with Crippen LogP contribution in [0, 0.1) is 5.92 Å². The molecule has 1 fully saturated rings. The Morgan fingerprint density at radius 2 is 2.67 bits per heavy atom. The maximum Gasteiger partial charge on any atom is 0.0511 e. The summed E-state index contributed by atoms with van der Waals surface area (Å²) in [6, 6.07) is 0. The molecule has 0 aromatic heterocycles. The van der Waals surface area contributed by atoms with Gasteiger partial charge in [0.25, 0.3) is 0 Å². The summed E-state index contributed by atoms with van der Waals surface area (Å²) in [6.07, 6.45) is 1.08. The summed E-state index contributed by atoms with van der Waals surface area (Å²) in [4.78, 5) is 0. The largest absolute Gasteiger partial charge is 0.388 e. The predicted octanol–water partition coefficient (Wildman–Crippen LogP) is 0.756. The minimum absolute atomic E-state index is 0.655. The van der Waals surface area contributed by atoms with Gasteiger partial charge in [0.1, 0.15) is 0 Å². The SMILES string of the molecule is C=C1CC(COC)CN1. The molecule has 0 bridgehead atoms. The van der Waals surface area contributed by atoms with Crippen LogP contribution < -0.4 is 5.32 Å². The fraction of sp³-hybridized carbons (Fsp3) is 0.714. The second kappa shape index (κ2) is 2.87.